The second kappa shape index (κ2) is 4.55. The average Bonchev–Trinajstić information content (AvgIpc) is 2.05. The molecule has 0 spiro atoms. The zero-order valence-corrected chi connectivity index (χ0v) is 8.32. The predicted octanol–water partition coefficient (Wildman–Crippen LogP) is 1.53. The molecule has 2 nitrogen and oxygen atoms in total. The van der Waals surface area contributed by atoms with Crippen LogP contribution in [0.3, 0.4) is 0 Å². The quantitative estimate of drug-likeness (QED) is 0.608. The Morgan fingerprint density at radius 2 is 2.08 bits per heavy atom. The Morgan fingerprint density at radius 1 is 1.50 bits per heavy atom. The van der Waals surface area contributed by atoms with Gasteiger partial charge >= 0.3 is 0 Å². The van der Waals surface area contributed by atoms with E-state index in [-0.39, 0.29) is 5.91 Å². The fourth-order valence-electron chi connectivity index (χ4n) is 1.18. The Hall–Kier alpha value is -0.440. The summed E-state index contributed by atoms with van der Waals surface area (Å²) in [5.41, 5.74) is 0.957. The van der Waals surface area contributed by atoms with Crippen LogP contribution in [0.2, 0.25) is 0 Å². The van der Waals surface area contributed by atoms with Gasteiger partial charge in [-0.3, -0.25) is 4.79 Å². The number of hydrogen-bond acceptors (Lipinski definition) is 2. The summed E-state index contributed by atoms with van der Waals surface area (Å²) in [6, 6.07) is 0. The van der Waals surface area contributed by atoms with Crippen LogP contribution in [-0.2, 0) is 4.79 Å². The summed E-state index contributed by atoms with van der Waals surface area (Å²) in [6.45, 7) is 7.46. The van der Waals surface area contributed by atoms with Gasteiger partial charge in [0.15, 0.2) is 0 Å². The first kappa shape index (κ1) is 9.65. The van der Waals surface area contributed by atoms with Gasteiger partial charge in [-0.2, -0.15) is 11.8 Å². The second-order valence-electron chi connectivity index (χ2n) is 3.13. The average molecular weight is 185 g/mol. The van der Waals surface area contributed by atoms with Crippen molar-refractivity contribution in [3.8, 4) is 0 Å². The Labute approximate surface area is 78.0 Å². The molecule has 1 saturated heterocycles. The van der Waals surface area contributed by atoms with E-state index >= 15 is 0 Å². The van der Waals surface area contributed by atoms with E-state index < -0.39 is 0 Å². The van der Waals surface area contributed by atoms with Gasteiger partial charge in [0, 0.05) is 31.0 Å². The molecule has 0 N–H and O–H groups in total. The molecule has 0 saturated carbocycles. The van der Waals surface area contributed by atoms with Crippen LogP contribution < -0.4 is 0 Å². The maximum atomic E-state index is 11.5. The Kier molecular flexibility index (Phi) is 3.66. The fraction of sp³-hybridized carbons (Fsp3) is 0.667. The van der Waals surface area contributed by atoms with E-state index in [1.165, 1.54) is 0 Å². The first-order valence-electron chi connectivity index (χ1n) is 4.20. The Bertz CT molecular complexity index is 185. The zero-order valence-electron chi connectivity index (χ0n) is 7.51. The summed E-state index contributed by atoms with van der Waals surface area (Å²) < 4.78 is 0. The molecule has 0 aromatic rings. The van der Waals surface area contributed by atoms with Gasteiger partial charge in [0.1, 0.15) is 0 Å². The molecular weight excluding hydrogens is 170 g/mol. The second-order valence-corrected chi connectivity index (χ2v) is 4.35. The molecule has 12 heavy (non-hydrogen) atoms. The third-order valence-electron chi connectivity index (χ3n) is 1.82. The first-order chi connectivity index (χ1) is 5.70. The number of rotatable bonds is 2. The number of carbonyl (C=O) groups excluding carboxylic acids is 1. The van der Waals surface area contributed by atoms with Crippen molar-refractivity contribution in [3.05, 3.63) is 12.2 Å². The topological polar surface area (TPSA) is 20.3 Å². The van der Waals surface area contributed by atoms with Crippen molar-refractivity contribution in [1.82, 2.24) is 4.90 Å². The summed E-state index contributed by atoms with van der Waals surface area (Å²) in [5, 5.41) is 0. The van der Waals surface area contributed by atoms with Gasteiger partial charge in [0.2, 0.25) is 5.91 Å². The molecule has 1 aliphatic rings. The number of amides is 1. The largest absolute Gasteiger partial charge is 0.341 e. The van der Waals surface area contributed by atoms with Crippen LogP contribution in [0, 0.1) is 0 Å². The molecule has 1 aliphatic heterocycles. The van der Waals surface area contributed by atoms with E-state index in [1.807, 2.05) is 23.6 Å². The standard InChI is InChI=1S/C9H15NOS/c1-8(2)7-9(11)10-3-5-12-6-4-10/h1,3-7H2,2H3. The minimum atomic E-state index is 0.239. The lowest BCUT2D eigenvalue weighted by molar-refractivity contribution is -0.130. The Morgan fingerprint density at radius 3 is 2.58 bits per heavy atom. The van der Waals surface area contributed by atoms with Crippen LogP contribution in [-0.4, -0.2) is 35.4 Å². The molecule has 0 aliphatic carbocycles. The third-order valence-corrected chi connectivity index (χ3v) is 2.76. The summed E-state index contributed by atoms with van der Waals surface area (Å²) >= 11 is 1.92. The Balaban J connectivity index is 2.34. The van der Waals surface area contributed by atoms with Crippen LogP contribution in [0.1, 0.15) is 13.3 Å². The van der Waals surface area contributed by atoms with E-state index in [0.29, 0.717) is 6.42 Å². The van der Waals surface area contributed by atoms with Crippen LogP contribution in [0.5, 0.6) is 0 Å². The molecule has 0 aromatic heterocycles. The first-order valence-corrected chi connectivity index (χ1v) is 5.35. The van der Waals surface area contributed by atoms with Crippen LogP contribution >= 0.6 is 11.8 Å². The smallest absolute Gasteiger partial charge is 0.226 e. The van der Waals surface area contributed by atoms with Gasteiger partial charge in [-0.25, -0.2) is 0 Å². The van der Waals surface area contributed by atoms with Crippen molar-refractivity contribution < 1.29 is 4.79 Å². The molecule has 0 aromatic carbocycles. The highest BCUT2D eigenvalue weighted by Gasteiger charge is 2.15. The van der Waals surface area contributed by atoms with E-state index in [0.717, 1.165) is 30.2 Å². The predicted molar refractivity (Wildman–Crippen MR) is 53.3 cm³/mol. The lowest BCUT2D eigenvalue weighted by Crippen LogP contribution is -2.37. The number of nitrogens with zero attached hydrogens (tertiary/aromatic N) is 1. The van der Waals surface area contributed by atoms with E-state index in [4.69, 9.17) is 0 Å². The molecule has 0 atom stereocenters. The molecular formula is C9H15NOS. The molecule has 1 amide bonds. The van der Waals surface area contributed by atoms with Gasteiger partial charge in [0.05, 0.1) is 0 Å². The molecule has 1 heterocycles. The van der Waals surface area contributed by atoms with Crippen molar-refractivity contribution in [2.45, 2.75) is 13.3 Å². The summed E-state index contributed by atoms with van der Waals surface area (Å²) in [4.78, 5) is 13.4. The van der Waals surface area contributed by atoms with Crippen LogP contribution in [0.15, 0.2) is 12.2 Å². The summed E-state index contributed by atoms with van der Waals surface area (Å²) in [6.07, 6.45) is 0.519. The van der Waals surface area contributed by atoms with Crippen LogP contribution in [0.4, 0.5) is 0 Å². The third kappa shape index (κ3) is 2.89. The van der Waals surface area contributed by atoms with Crippen molar-refractivity contribution in [2.24, 2.45) is 0 Å². The van der Waals surface area contributed by atoms with Crippen molar-refractivity contribution in [2.75, 3.05) is 24.6 Å². The maximum absolute atomic E-state index is 11.5. The van der Waals surface area contributed by atoms with Gasteiger partial charge in [-0.05, 0) is 6.92 Å². The fourth-order valence-corrected chi connectivity index (χ4v) is 2.09. The van der Waals surface area contributed by atoms with Gasteiger partial charge in [-0.1, -0.05) is 12.2 Å². The lowest BCUT2D eigenvalue weighted by atomic mass is 10.2. The zero-order chi connectivity index (χ0) is 8.97. The molecule has 1 fully saturated rings. The number of hydrogen-bond donors (Lipinski definition) is 0. The maximum Gasteiger partial charge on any atom is 0.226 e. The summed E-state index contributed by atoms with van der Waals surface area (Å²) in [7, 11) is 0. The molecule has 0 radical (unpaired) electrons. The van der Waals surface area contributed by atoms with Gasteiger partial charge in [0.25, 0.3) is 0 Å². The van der Waals surface area contributed by atoms with E-state index in [1.54, 1.807) is 0 Å². The lowest BCUT2D eigenvalue weighted by Gasteiger charge is -2.26. The number of carbonyl (C=O) groups is 1. The molecule has 0 unspecified atom stereocenters. The van der Waals surface area contributed by atoms with E-state index in [2.05, 4.69) is 6.58 Å². The highest BCUT2D eigenvalue weighted by Crippen LogP contribution is 2.11. The number of thioether (sulfide) groups is 1. The molecule has 68 valence electrons. The van der Waals surface area contributed by atoms with Crippen molar-refractivity contribution >= 4 is 17.7 Å². The SMILES string of the molecule is C=C(C)CC(=O)N1CCSCC1. The van der Waals surface area contributed by atoms with Gasteiger partial charge < -0.3 is 4.90 Å². The van der Waals surface area contributed by atoms with Gasteiger partial charge in [-0.15, -0.1) is 0 Å². The molecule has 0 bridgehead atoms. The van der Waals surface area contributed by atoms with E-state index in [9.17, 15) is 4.79 Å². The minimum Gasteiger partial charge on any atom is -0.341 e. The van der Waals surface area contributed by atoms with Crippen molar-refractivity contribution in [1.29, 1.82) is 0 Å². The van der Waals surface area contributed by atoms with Crippen LogP contribution in [0.25, 0.3) is 0 Å². The highest BCUT2D eigenvalue weighted by molar-refractivity contribution is 7.99. The normalized spacial score (nSPS) is 17.6. The minimum absolute atomic E-state index is 0.239. The highest BCUT2D eigenvalue weighted by atomic mass is 32.2. The van der Waals surface area contributed by atoms with Crippen molar-refractivity contribution in [3.63, 3.8) is 0 Å². The molecule has 1 rings (SSSR count). The summed E-state index contributed by atoms with van der Waals surface area (Å²) in [5.74, 6) is 2.41. The monoisotopic (exact) mass is 185 g/mol. The molecule has 3 heteroatoms.